The highest BCUT2D eigenvalue weighted by Gasteiger charge is 2.22. The number of carbonyl (C=O) groups excluding carboxylic acids is 1. The van der Waals surface area contributed by atoms with Gasteiger partial charge in [0.05, 0.1) is 20.6 Å². The number of fused-ring (bicyclic) bond motifs is 1. The molecule has 28 heavy (non-hydrogen) atoms. The highest BCUT2D eigenvalue weighted by molar-refractivity contribution is 6.03. The van der Waals surface area contributed by atoms with Crippen LogP contribution in [-0.2, 0) is 18.3 Å². The van der Waals surface area contributed by atoms with Crippen molar-refractivity contribution in [3.05, 3.63) is 53.2 Å². The van der Waals surface area contributed by atoms with Crippen LogP contribution in [0.15, 0.2) is 36.4 Å². The number of anilines is 1. The molecule has 0 unspecified atom stereocenters. The second-order valence-corrected chi connectivity index (χ2v) is 6.51. The lowest BCUT2D eigenvalue weighted by Crippen LogP contribution is -2.17. The molecule has 2 aromatic carbocycles. The quantitative estimate of drug-likeness (QED) is 0.682. The minimum absolute atomic E-state index is 0.0588. The molecular formula is C21H22N2O5. The number of carbonyl (C=O) groups is 2. The molecule has 0 aliphatic carbocycles. The second-order valence-electron chi connectivity index (χ2n) is 6.51. The number of amides is 1. The van der Waals surface area contributed by atoms with E-state index in [0.717, 1.165) is 16.5 Å². The minimum Gasteiger partial charge on any atom is -0.493 e. The molecule has 7 heteroatoms. The van der Waals surface area contributed by atoms with Crippen LogP contribution in [0.5, 0.6) is 11.5 Å². The van der Waals surface area contributed by atoms with Crippen LogP contribution in [0.2, 0.25) is 0 Å². The van der Waals surface area contributed by atoms with Gasteiger partial charge in [-0.3, -0.25) is 4.79 Å². The van der Waals surface area contributed by atoms with Gasteiger partial charge in [-0.25, -0.2) is 4.79 Å². The summed E-state index contributed by atoms with van der Waals surface area (Å²) in [5.74, 6) is -0.334. The second kappa shape index (κ2) is 7.64. The van der Waals surface area contributed by atoms with Crippen LogP contribution in [0.1, 0.15) is 21.6 Å². The number of nitrogens with one attached hydrogen (secondary N) is 1. The van der Waals surface area contributed by atoms with Crippen LogP contribution in [0.4, 0.5) is 5.69 Å². The van der Waals surface area contributed by atoms with Gasteiger partial charge in [0.1, 0.15) is 5.69 Å². The summed E-state index contributed by atoms with van der Waals surface area (Å²) in [4.78, 5) is 24.5. The molecule has 1 aromatic heterocycles. The molecule has 3 rings (SSSR count). The summed E-state index contributed by atoms with van der Waals surface area (Å²) in [5, 5.41) is 13.2. The van der Waals surface area contributed by atoms with E-state index in [1.54, 1.807) is 29.8 Å². The number of hydrogen-bond donors (Lipinski definition) is 2. The zero-order valence-corrected chi connectivity index (χ0v) is 16.2. The first-order valence-corrected chi connectivity index (χ1v) is 8.68. The van der Waals surface area contributed by atoms with E-state index in [4.69, 9.17) is 9.47 Å². The Morgan fingerprint density at radius 3 is 2.43 bits per heavy atom. The number of benzene rings is 2. The first kappa shape index (κ1) is 19.3. The summed E-state index contributed by atoms with van der Waals surface area (Å²) in [6.07, 6.45) is -0.0588. The molecule has 3 aromatic rings. The average molecular weight is 382 g/mol. The number of aromatic nitrogens is 1. The fourth-order valence-electron chi connectivity index (χ4n) is 3.37. The number of carboxylic acid groups (broad SMARTS) is 1. The van der Waals surface area contributed by atoms with Gasteiger partial charge in [-0.2, -0.15) is 0 Å². The molecule has 0 bridgehead atoms. The minimum atomic E-state index is -1.06. The van der Waals surface area contributed by atoms with Crippen LogP contribution in [0.3, 0.4) is 0 Å². The Bertz CT molecular complexity index is 1070. The van der Waals surface area contributed by atoms with E-state index in [9.17, 15) is 14.7 Å². The largest absolute Gasteiger partial charge is 0.493 e. The molecule has 0 fully saturated rings. The number of methoxy groups -OCH3 is 2. The Hall–Kier alpha value is -3.48. The molecule has 1 amide bonds. The maximum Gasteiger partial charge on any atom is 0.352 e. The van der Waals surface area contributed by atoms with Crippen LogP contribution in [-0.4, -0.2) is 35.8 Å². The van der Waals surface area contributed by atoms with Crippen LogP contribution in [0.25, 0.3) is 10.9 Å². The third kappa shape index (κ3) is 3.51. The molecule has 1 heterocycles. The summed E-state index contributed by atoms with van der Waals surface area (Å²) < 4.78 is 12.0. The summed E-state index contributed by atoms with van der Waals surface area (Å²) in [6, 6.07) is 10.7. The molecule has 0 saturated heterocycles. The molecule has 0 atom stereocenters. The zero-order chi connectivity index (χ0) is 20.4. The number of hydrogen-bond acceptors (Lipinski definition) is 4. The van der Waals surface area contributed by atoms with E-state index in [0.29, 0.717) is 22.7 Å². The van der Waals surface area contributed by atoms with Gasteiger partial charge < -0.3 is 24.5 Å². The lowest BCUT2D eigenvalue weighted by molar-refractivity contribution is -0.115. The monoisotopic (exact) mass is 382 g/mol. The van der Waals surface area contributed by atoms with Gasteiger partial charge in [0.25, 0.3) is 0 Å². The zero-order valence-electron chi connectivity index (χ0n) is 16.2. The van der Waals surface area contributed by atoms with Gasteiger partial charge >= 0.3 is 5.97 Å². The third-order valence-electron chi connectivity index (χ3n) is 4.67. The highest BCUT2D eigenvalue weighted by atomic mass is 16.5. The number of aryl methyl sites for hydroxylation is 2. The van der Waals surface area contributed by atoms with Crippen molar-refractivity contribution in [2.45, 2.75) is 13.3 Å². The van der Waals surface area contributed by atoms with Gasteiger partial charge in [-0.1, -0.05) is 11.6 Å². The molecule has 2 N–H and O–H groups in total. The molecule has 0 saturated carbocycles. The number of rotatable bonds is 6. The van der Waals surface area contributed by atoms with E-state index in [1.807, 2.05) is 25.1 Å². The van der Waals surface area contributed by atoms with Crippen LogP contribution < -0.4 is 14.8 Å². The summed E-state index contributed by atoms with van der Waals surface area (Å²) in [6.45, 7) is 1.93. The van der Waals surface area contributed by atoms with E-state index in [-0.39, 0.29) is 18.0 Å². The van der Waals surface area contributed by atoms with Crippen molar-refractivity contribution in [1.29, 1.82) is 0 Å². The molecule has 146 valence electrons. The van der Waals surface area contributed by atoms with Gasteiger partial charge in [-0.05, 0) is 31.2 Å². The van der Waals surface area contributed by atoms with E-state index < -0.39 is 5.97 Å². The fourth-order valence-corrected chi connectivity index (χ4v) is 3.37. The molecular weight excluding hydrogens is 360 g/mol. The molecule has 0 aliphatic heterocycles. The predicted molar refractivity (Wildman–Crippen MR) is 106 cm³/mol. The molecule has 0 aliphatic rings. The van der Waals surface area contributed by atoms with Crippen molar-refractivity contribution in [3.8, 4) is 11.5 Å². The number of ether oxygens (including phenoxy) is 2. The predicted octanol–water partition coefficient (Wildman–Crippen LogP) is 3.38. The van der Waals surface area contributed by atoms with Gasteiger partial charge in [0.2, 0.25) is 5.91 Å². The van der Waals surface area contributed by atoms with Crippen molar-refractivity contribution in [2.75, 3.05) is 19.5 Å². The standard InChI is InChI=1S/C21H22N2O5/c1-12-5-7-16-14(9-12)15(20(21(25)26)23(16)2)11-19(24)22-13-6-8-17(27-3)18(10-13)28-4/h5-10H,11H2,1-4H3,(H,22,24)(H,25,26). The summed E-state index contributed by atoms with van der Waals surface area (Å²) in [5.41, 5.74) is 2.92. The van der Waals surface area contributed by atoms with Crippen molar-refractivity contribution in [1.82, 2.24) is 4.57 Å². The Balaban J connectivity index is 1.94. The topological polar surface area (TPSA) is 89.8 Å². The van der Waals surface area contributed by atoms with E-state index in [2.05, 4.69) is 5.32 Å². The van der Waals surface area contributed by atoms with Gasteiger partial charge in [-0.15, -0.1) is 0 Å². The van der Waals surface area contributed by atoms with Crippen molar-refractivity contribution in [2.24, 2.45) is 7.05 Å². The number of nitrogens with zero attached hydrogens (tertiary/aromatic N) is 1. The lowest BCUT2D eigenvalue weighted by atomic mass is 10.0. The molecule has 0 spiro atoms. The SMILES string of the molecule is COc1ccc(NC(=O)Cc2c(C(=O)O)n(C)c3ccc(C)cc23)cc1OC. The summed E-state index contributed by atoms with van der Waals surface area (Å²) >= 11 is 0. The molecule has 0 radical (unpaired) electrons. The smallest absolute Gasteiger partial charge is 0.352 e. The Morgan fingerprint density at radius 2 is 1.79 bits per heavy atom. The maximum absolute atomic E-state index is 12.7. The van der Waals surface area contributed by atoms with Crippen molar-refractivity contribution < 1.29 is 24.2 Å². The lowest BCUT2D eigenvalue weighted by Gasteiger charge is -2.11. The van der Waals surface area contributed by atoms with Crippen molar-refractivity contribution in [3.63, 3.8) is 0 Å². The Labute approximate surface area is 162 Å². The first-order chi connectivity index (χ1) is 13.3. The van der Waals surface area contributed by atoms with E-state index >= 15 is 0 Å². The maximum atomic E-state index is 12.7. The number of carboxylic acids is 1. The van der Waals surface area contributed by atoms with Gasteiger partial charge in [0.15, 0.2) is 11.5 Å². The molecule has 7 nitrogen and oxygen atoms in total. The Kier molecular flexibility index (Phi) is 5.26. The normalized spacial score (nSPS) is 10.7. The van der Waals surface area contributed by atoms with Crippen LogP contribution in [0, 0.1) is 6.92 Å². The first-order valence-electron chi connectivity index (χ1n) is 8.68. The fraction of sp³-hybridized carbons (Fsp3) is 0.238. The Morgan fingerprint density at radius 1 is 1.07 bits per heavy atom. The van der Waals surface area contributed by atoms with Crippen molar-refractivity contribution >= 4 is 28.5 Å². The average Bonchev–Trinajstić information content (AvgIpc) is 2.92. The highest BCUT2D eigenvalue weighted by Crippen LogP contribution is 2.30. The third-order valence-corrected chi connectivity index (χ3v) is 4.67. The summed E-state index contributed by atoms with van der Waals surface area (Å²) in [7, 11) is 4.74. The number of aromatic carboxylic acids is 1. The van der Waals surface area contributed by atoms with Crippen LogP contribution >= 0.6 is 0 Å². The van der Waals surface area contributed by atoms with Gasteiger partial charge in [0, 0.05) is 35.3 Å². The van der Waals surface area contributed by atoms with E-state index in [1.165, 1.54) is 14.2 Å².